The number of benzene rings is 2. The van der Waals surface area contributed by atoms with Gasteiger partial charge in [0.1, 0.15) is 16.4 Å². The molecule has 3 rings (SSSR count). The Morgan fingerprint density at radius 2 is 1.77 bits per heavy atom. The predicted molar refractivity (Wildman–Crippen MR) is 116 cm³/mol. The zero-order valence-corrected chi connectivity index (χ0v) is 18.1. The highest BCUT2D eigenvalue weighted by Gasteiger charge is 2.31. The summed E-state index contributed by atoms with van der Waals surface area (Å²) in [5, 5.41) is 8.66. The second-order valence-electron chi connectivity index (χ2n) is 6.78. The summed E-state index contributed by atoms with van der Waals surface area (Å²) in [5.74, 6) is 0.0736. The van der Waals surface area contributed by atoms with Crippen LogP contribution >= 0.6 is 0 Å². The van der Waals surface area contributed by atoms with E-state index >= 15 is 0 Å². The number of carbonyl (C=O) groups is 1. The minimum atomic E-state index is -3.77. The summed E-state index contributed by atoms with van der Waals surface area (Å²) in [7, 11) is -0.861. The Labute approximate surface area is 181 Å². The number of nitrogens with zero attached hydrogens (tertiary/aromatic N) is 2. The minimum Gasteiger partial charge on any atom is -0.497 e. The summed E-state index contributed by atoms with van der Waals surface area (Å²) in [6.07, 6.45) is 2.83. The molecule has 0 bridgehead atoms. The molecule has 0 radical (unpaired) electrons. The van der Waals surface area contributed by atoms with Gasteiger partial charge in [-0.3, -0.25) is 10.0 Å². The summed E-state index contributed by atoms with van der Waals surface area (Å²) in [6, 6.07) is 12.2. The molecule has 9 nitrogen and oxygen atoms in total. The number of hydroxylamine groups is 1. The van der Waals surface area contributed by atoms with E-state index in [1.54, 1.807) is 23.7 Å². The van der Waals surface area contributed by atoms with Crippen molar-refractivity contribution in [3.05, 3.63) is 54.1 Å². The number of nitrogens with one attached hydrogen (secondary N) is 1. The average molecular weight is 448 g/mol. The van der Waals surface area contributed by atoms with Crippen molar-refractivity contribution < 1.29 is 27.9 Å². The minimum absolute atomic E-state index is 0.0705. The number of hydrogen-bond acceptors (Lipinski definition) is 7. The van der Waals surface area contributed by atoms with Crippen LogP contribution in [0.4, 0.5) is 5.69 Å². The molecule has 1 heterocycles. The molecule has 0 aromatic heterocycles. The summed E-state index contributed by atoms with van der Waals surface area (Å²) < 4.78 is 38.4. The van der Waals surface area contributed by atoms with Gasteiger partial charge >= 0.3 is 0 Å². The van der Waals surface area contributed by atoms with Crippen LogP contribution in [-0.4, -0.2) is 64.2 Å². The topological polar surface area (TPSA) is 108 Å². The van der Waals surface area contributed by atoms with Crippen LogP contribution in [0.25, 0.3) is 6.08 Å². The van der Waals surface area contributed by atoms with Gasteiger partial charge in [0, 0.05) is 44.0 Å². The number of hydrogen-bond donors (Lipinski definition) is 2. The predicted octanol–water partition coefficient (Wildman–Crippen LogP) is 1.73. The summed E-state index contributed by atoms with van der Waals surface area (Å²) in [6.45, 7) is 1.53. The molecule has 0 saturated carbocycles. The standard InChI is InChI=1S/C21H25N3O6S/c1-29-17-8-9-19(30-2)20(15-17)31(27,28)24-13-11-23(12-14-24)18-6-4-3-5-16(18)7-10-21(25)22-26/h3-10,15,26H,11-14H2,1-2H3,(H,22,25)/b10-7+. The van der Waals surface area contributed by atoms with E-state index in [1.165, 1.54) is 30.7 Å². The first kappa shape index (κ1) is 22.6. The maximum absolute atomic E-state index is 13.2. The fraction of sp³-hybridized carbons (Fsp3) is 0.286. The summed E-state index contributed by atoms with van der Waals surface area (Å²) in [4.78, 5) is 13.4. The lowest BCUT2D eigenvalue weighted by Crippen LogP contribution is -2.48. The molecule has 1 aliphatic heterocycles. The van der Waals surface area contributed by atoms with Crippen LogP contribution in [0.5, 0.6) is 11.5 Å². The fourth-order valence-corrected chi connectivity index (χ4v) is 5.01. The quantitative estimate of drug-likeness (QED) is 0.378. The van der Waals surface area contributed by atoms with Crippen LogP contribution < -0.4 is 19.9 Å². The van der Waals surface area contributed by atoms with Crippen molar-refractivity contribution >= 4 is 27.7 Å². The van der Waals surface area contributed by atoms with Crippen molar-refractivity contribution in [3.8, 4) is 11.5 Å². The summed E-state index contributed by atoms with van der Waals surface area (Å²) >= 11 is 0. The van der Waals surface area contributed by atoms with E-state index in [2.05, 4.69) is 4.90 Å². The Bertz CT molecular complexity index is 1060. The molecule has 10 heteroatoms. The van der Waals surface area contributed by atoms with Gasteiger partial charge in [-0.15, -0.1) is 0 Å². The highest BCUT2D eigenvalue weighted by molar-refractivity contribution is 7.89. The third-order valence-corrected chi connectivity index (χ3v) is 6.95. The van der Waals surface area contributed by atoms with Gasteiger partial charge in [-0.25, -0.2) is 13.9 Å². The van der Waals surface area contributed by atoms with Crippen molar-refractivity contribution in [2.24, 2.45) is 0 Å². The highest BCUT2D eigenvalue weighted by Crippen LogP contribution is 2.32. The molecular weight excluding hydrogens is 422 g/mol. The molecule has 1 fully saturated rings. The molecule has 1 amide bonds. The second-order valence-corrected chi connectivity index (χ2v) is 8.68. The van der Waals surface area contributed by atoms with Crippen molar-refractivity contribution in [2.75, 3.05) is 45.3 Å². The van der Waals surface area contributed by atoms with Gasteiger partial charge in [-0.1, -0.05) is 18.2 Å². The first-order valence-electron chi connectivity index (χ1n) is 9.59. The van der Waals surface area contributed by atoms with E-state index in [0.29, 0.717) is 18.8 Å². The lowest BCUT2D eigenvalue weighted by molar-refractivity contribution is -0.124. The Balaban J connectivity index is 1.79. The first-order valence-corrected chi connectivity index (χ1v) is 11.0. The Kier molecular flexibility index (Phi) is 7.16. The van der Waals surface area contributed by atoms with Crippen LogP contribution in [0.3, 0.4) is 0 Å². The number of para-hydroxylation sites is 1. The number of methoxy groups -OCH3 is 2. The largest absolute Gasteiger partial charge is 0.497 e. The molecule has 2 aromatic carbocycles. The molecule has 0 spiro atoms. The van der Waals surface area contributed by atoms with E-state index in [9.17, 15) is 13.2 Å². The van der Waals surface area contributed by atoms with Gasteiger partial charge < -0.3 is 14.4 Å². The smallest absolute Gasteiger partial charge is 0.267 e. The number of ether oxygens (including phenoxy) is 2. The molecule has 0 aliphatic carbocycles. The fourth-order valence-electron chi connectivity index (χ4n) is 3.41. The normalized spacial score (nSPS) is 15.1. The lowest BCUT2D eigenvalue weighted by Gasteiger charge is -2.36. The van der Waals surface area contributed by atoms with Gasteiger partial charge in [0.05, 0.1) is 14.2 Å². The van der Waals surface area contributed by atoms with Crippen LogP contribution in [0, 0.1) is 0 Å². The Morgan fingerprint density at radius 3 is 2.42 bits per heavy atom. The molecule has 2 N–H and O–H groups in total. The van der Waals surface area contributed by atoms with E-state index < -0.39 is 15.9 Å². The molecule has 1 aliphatic rings. The maximum Gasteiger partial charge on any atom is 0.267 e. The van der Waals surface area contributed by atoms with Crippen molar-refractivity contribution in [1.82, 2.24) is 9.79 Å². The number of piperazine rings is 1. The highest BCUT2D eigenvalue weighted by atomic mass is 32.2. The molecule has 31 heavy (non-hydrogen) atoms. The van der Waals surface area contributed by atoms with E-state index in [-0.39, 0.29) is 23.7 Å². The van der Waals surface area contributed by atoms with Crippen LogP contribution in [0.2, 0.25) is 0 Å². The van der Waals surface area contributed by atoms with Gasteiger partial charge in [0.2, 0.25) is 10.0 Å². The lowest BCUT2D eigenvalue weighted by atomic mass is 10.1. The third-order valence-electron chi connectivity index (χ3n) is 5.03. The van der Waals surface area contributed by atoms with Gasteiger partial charge in [0.15, 0.2) is 0 Å². The molecule has 2 aromatic rings. The number of amides is 1. The number of rotatable bonds is 7. The number of anilines is 1. The first-order chi connectivity index (χ1) is 14.9. The Morgan fingerprint density at radius 1 is 1.06 bits per heavy atom. The van der Waals surface area contributed by atoms with Crippen LogP contribution in [0.1, 0.15) is 5.56 Å². The van der Waals surface area contributed by atoms with Gasteiger partial charge in [-0.05, 0) is 29.8 Å². The van der Waals surface area contributed by atoms with E-state index in [4.69, 9.17) is 14.7 Å². The number of carbonyl (C=O) groups excluding carboxylic acids is 1. The second kappa shape index (κ2) is 9.82. The van der Waals surface area contributed by atoms with Crippen LogP contribution in [0.15, 0.2) is 53.4 Å². The molecular formula is C21H25N3O6S. The average Bonchev–Trinajstić information content (AvgIpc) is 2.82. The van der Waals surface area contributed by atoms with Gasteiger partial charge in [0.25, 0.3) is 5.91 Å². The Hall–Kier alpha value is -3.08. The zero-order valence-electron chi connectivity index (χ0n) is 17.3. The van der Waals surface area contributed by atoms with Crippen molar-refractivity contribution in [1.29, 1.82) is 0 Å². The summed E-state index contributed by atoms with van der Waals surface area (Å²) in [5.41, 5.74) is 3.22. The van der Waals surface area contributed by atoms with Gasteiger partial charge in [-0.2, -0.15) is 4.31 Å². The van der Waals surface area contributed by atoms with E-state index in [1.807, 2.05) is 24.3 Å². The molecule has 1 saturated heterocycles. The van der Waals surface area contributed by atoms with Crippen molar-refractivity contribution in [2.45, 2.75) is 4.90 Å². The molecule has 0 unspecified atom stereocenters. The molecule has 166 valence electrons. The zero-order chi connectivity index (χ0) is 22.4. The van der Waals surface area contributed by atoms with Crippen LogP contribution in [-0.2, 0) is 14.8 Å². The van der Waals surface area contributed by atoms with E-state index in [0.717, 1.165) is 11.3 Å². The maximum atomic E-state index is 13.2. The molecule has 0 atom stereocenters. The monoisotopic (exact) mass is 447 g/mol. The van der Waals surface area contributed by atoms with Crippen molar-refractivity contribution in [3.63, 3.8) is 0 Å². The number of sulfonamides is 1. The SMILES string of the molecule is COc1ccc(OC)c(S(=O)(=O)N2CCN(c3ccccc3/C=C/C(=O)NO)CC2)c1. The third kappa shape index (κ3) is 4.98.